The summed E-state index contributed by atoms with van der Waals surface area (Å²) in [5.41, 5.74) is 5.70. The zero-order chi connectivity index (χ0) is 13.1. The molecule has 2 heteroatoms. The van der Waals surface area contributed by atoms with Crippen molar-refractivity contribution in [1.82, 2.24) is 10.2 Å². The quantitative estimate of drug-likeness (QED) is 0.900. The van der Waals surface area contributed by atoms with Gasteiger partial charge in [0.25, 0.3) is 0 Å². The standard InChI is InChI=1S/C17H20N2/c1-18-10-14-6-8-15(9-7-14)11-19-12-16-4-2-3-5-17(16)13-19/h2-9,18H,10-13H2,1H3. The Balaban J connectivity index is 1.64. The molecule has 0 aliphatic carbocycles. The fourth-order valence-corrected chi connectivity index (χ4v) is 2.74. The van der Waals surface area contributed by atoms with Crippen molar-refractivity contribution in [3.8, 4) is 0 Å². The van der Waals surface area contributed by atoms with Crippen LogP contribution >= 0.6 is 0 Å². The zero-order valence-corrected chi connectivity index (χ0v) is 11.4. The van der Waals surface area contributed by atoms with Crippen molar-refractivity contribution in [2.75, 3.05) is 7.05 Å². The van der Waals surface area contributed by atoms with Gasteiger partial charge in [0, 0.05) is 26.2 Å². The second kappa shape index (κ2) is 5.55. The van der Waals surface area contributed by atoms with Crippen LogP contribution in [0.3, 0.4) is 0 Å². The maximum Gasteiger partial charge on any atom is 0.0244 e. The second-order valence-electron chi connectivity index (χ2n) is 5.26. The first-order valence-electron chi connectivity index (χ1n) is 6.87. The summed E-state index contributed by atoms with van der Waals surface area (Å²) in [5.74, 6) is 0. The molecule has 0 unspecified atom stereocenters. The largest absolute Gasteiger partial charge is 0.316 e. The van der Waals surface area contributed by atoms with Crippen molar-refractivity contribution in [1.29, 1.82) is 0 Å². The van der Waals surface area contributed by atoms with E-state index in [4.69, 9.17) is 0 Å². The molecule has 2 aromatic rings. The molecule has 0 spiro atoms. The molecule has 19 heavy (non-hydrogen) atoms. The lowest BCUT2D eigenvalue weighted by Gasteiger charge is -2.15. The van der Waals surface area contributed by atoms with E-state index in [0.717, 1.165) is 26.2 Å². The number of nitrogens with one attached hydrogen (secondary N) is 1. The summed E-state index contributed by atoms with van der Waals surface area (Å²) < 4.78 is 0. The van der Waals surface area contributed by atoms with Gasteiger partial charge in [0.1, 0.15) is 0 Å². The van der Waals surface area contributed by atoms with Gasteiger partial charge in [-0.25, -0.2) is 0 Å². The fraction of sp³-hybridized carbons (Fsp3) is 0.294. The van der Waals surface area contributed by atoms with E-state index >= 15 is 0 Å². The minimum atomic E-state index is 0.940. The first-order chi connectivity index (χ1) is 9.35. The van der Waals surface area contributed by atoms with Crippen LogP contribution in [0.25, 0.3) is 0 Å². The number of benzene rings is 2. The van der Waals surface area contributed by atoms with Gasteiger partial charge in [-0.3, -0.25) is 4.90 Å². The SMILES string of the molecule is CNCc1ccc(CN2Cc3ccccc3C2)cc1. The Kier molecular flexibility index (Phi) is 3.62. The Morgan fingerprint density at radius 3 is 2.05 bits per heavy atom. The van der Waals surface area contributed by atoms with E-state index in [1.54, 1.807) is 0 Å². The van der Waals surface area contributed by atoms with Crippen LogP contribution in [-0.4, -0.2) is 11.9 Å². The monoisotopic (exact) mass is 252 g/mol. The van der Waals surface area contributed by atoms with Crippen LogP contribution in [0.4, 0.5) is 0 Å². The van der Waals surface area contributed by atoms with E-state index in [0.29, 0.717) is 0 Å². The third-order valence-electron chi connectivity index (χ3n) is 3.72. The Hall–Kier alpha value is -1.64. The highest BCUT2D eigenvalue weighted by Crippen LogP contribution is 2.23. The average Bonchev–Trinajstić information content (AvgIpc) is 2.83. The van der Waals surface area contributed by atoms with Gasteiger partial charge in [0.05, 0.1) is 0 Å². The maximum atomic E-state index is 3.18. The Morgan fingerprint density at radius 1 is 0.895 bits per heavy atom. The highest BCUT2D eigenvalue weighted by Gasteiger charge is 2.17. The molecule has 3 rings (SSSR count). The molecular formula is C17H20N2. The lowest BCUT2D eigenvalue weighted by molar-refractivity contribution is 0.275. The van der Waals surface area contributed by atoms with Gasteiger partial charge < -0.3 is 5.32 Å². The summed E-state index contributed by atoms with van der Waals surface area (Å²) in [7, 11) is 1.98. The Morgan fingerprint density at radius 2 is 1.47 bits per heavy atom. The van der Waals surface area contributed by atoms with Crippen LogP contribution in [0.2, 0.25) is 0 Å². The molecule has 1 heterocycles. The van der Waals surface area contributed by atoms with Gasteiger partial charge in [-0.15, -0.1) is 0 Å². The van der Waals surface area contributed by atoms with Crippen molar-refractivity contribution in [2.45, 2.75) is 26.2 Å². The number of nitrogens with zero attached hydrogens (tertiary/aromatic N) is 1. The summed E-state index contributed by atoms with van der Waals surface area (Å²) in [6.07, 6.45) is 0. The molecule has 1 aliphatic heterocycles. The van der Waals surface area contributed by atoms with Crippen LogP contribution in [-0.2, 0) is 26.2 Å². The maximum absolute atomic E-state index is 3.18. The lowest BCUT2D eigenvalue weighted by atomic mass is 10.1. The van der Waals surface area contributed by atoms with Crippen molar-refractivity contribution >= 4 is 0 Å². The van der Waals surface area contributed by atoms with E-state index in [1.807, 2.05) is 7.05 Å². The lowest BCUT2D eigenvalue weighted by Crippen LogP contribution is -2.15. The van der Waals surface area contributed by atoms with Crippen LogP contribution in [0.1, 0.15) is 22.3 Å². The zero-order valence-electron chi connectivity index (χ0n) is 11.4. The molecule has 0 fully saturated rings. The Labute approximate surface area is 115 Å². The van der Waals surface area contributed by atoms with Crippen molar-refractivity contribution in [3.63, 3.8) is 0 Å². The Bertz CT molecular complexity index is 520. The minimum absolute atomic E-state index is 0.940. The topological polar surface area (TPSA) is 15.3 Å². The highest BCUT2D eigenvalue weighted by molar-refractivity contribution is 5.31. The van der Waals surface area contributed by atoms with E-state index in [-0.39, 0.29) is 0 Å². The smallest absolute Gasteiger partial charge is 0.0244 e. The first kappa shape index (κ1) is 12.4. The van der Waals surface area contributed by atoms with E-state index in [1.165, 1.54) is 22.3 Å². The number of hydrogen-bond donors (Lipinski definition) is 1. The predicted molar refractivity (Wildman–Crippen MR) is 78.6 cm³/mol. The van der Waals surface area contributed by atoms with Gasteiger partial charge >= 0.3 is 0 Å². The minimum Gasteiger partial charge on any atom is -0.316 e. The third-order valence-corrected chi connectivity index (χ3v) is 3.72. The number of fused-ring (bicyclic) bond motifs is 1. The molecule has 0 atom stereocenters. The molecule has 0 radical (unpaired) electrons. The van der Waals surface area contributed by atoms with E-state index < -0.39 is 0 Å². The molecular weight excluding hydrogens is 232 g/mol. The number of rotatable bonds is 4. The van der Waals surface area contributed by atoms with Gasteiger partial charge in [0.15, 0.2) is 0 Å². The molecule has 0 saturated heterocycles. The molecule has 1 N–H and O–H groups in total. The normalized spacial score (nSPS) is 14.6. The predicted octanol–water partition coefficient (Wildman–Crippen LogP) is 2.92. The van der Waals surface area contributed by atoms with Crippen LogP contribution < -0.4 is 5.32 Å². The van der Waals surface area contributed by atoms with Gasteiger partial charge in [-0.1, -0.05) is 48.5 Å². The second-order valence-corrected chi connectivity index (χ2v) is 5.26. The van der Waals surface area contributed by atoms with Crippen molar-refractivity contribution < 1.29 is 0 Å². The summed E-state index contributed by atoms with van der Waals surface area (Å²) in [6.45, 7) is 4.13. The van der Waals surface area contributed by atoms with Gasteiger partial charge in [-0.2, -0.15) is 0 Å². The van der Waals surface area contributed by atoms with E-state index in [9.17, 15) is 0 Å². The summed E-state index contributed by atoms with van der Waals surface area (Å²) in [6, 6.07) is 17.7. The third kappa shape index (κ3) is 2.86. The molecule has 2 nitrogen and oxygen atoms in total. The molecule has 0 aromatic heterocycles. The highest BCUT2D eigenvalue weighted by atomic mass is 15.1. The van der Waals surface area contributed by atoms with E-state index in [2.05, 4.69) is 58.7 Å². The number of hydrogen-bond acceptors (Lipinski definition) is 2. The van der Waals surface area contributed by atoms with Crippen LogP contribution in [0, 0.1) is 0 Å². The molecule has 0 bridgehead atoms. The molecule has 0 amide bonds. The average molecular weight is 252 g/mol. The van der Waals surface area contributed by atoms with Crippen molar-refractivity contribution in [3.05, 3.63) is 70.8 Å². The summed E-state index contributed by atoms with van der Waals surface area (Å²) >= 11 is 0. The summed E-state index contributed by atoms with van der Waals surface area (Å²) in [5, 5.41) is 3.18. The fourth-order valence-electron chi connectivity index (χ4n) is 2.74. The molecule has 1 aliphatic rings. The van der Waals surface area contributed by atoms with Crippen LogP contribution in [0.15, 0.2) is 48.5 Å². The van der Waals surface area contributed by atoms with Crippen LogP contribution in [0.5, 0.6) is 0 Å². The molecule has 2 aromatic carbocycles. The molecule has 98 valence electrons. The van der Waals surface area contributed by atoms with Crippen molar-refractivity contribution in [2.24, 2.45) is 0 Å². The van der Waals surface area contributed by atoms with Gasteiger partial charge in [-0.05, 0) is 29.3 Å². The molecule has 0 saturated carbocycles. The van der Waals surface area contributed by atoms with Gasteiger partial charge in [0.2, 0.25) is 0 Å². The summed E-state index contributed by atoms with van der Waals surface area (Å²) in [4.78, 5) is 2.50. The first-order valence-corrected chi connectivity index (χ1v) is 6.87.